The lowest BCUT2D eigenvalue weighted by atomic mass is 10.2. The van der Waals surface area contributed by atoms with Crippen molar-refractivity contribution in [2.45, 2.75) is 33.3 Å². The molecule has 1 heteroatoms. The highest BCUT2D eigenvalue weighted by Crippen LogP contribution is 2.17. The summed E-state index contributed by atoms with van der Waals surface area (Å²) in [4.78, 5) is 0. The first kappa shape index (κ1) is 9.11. The quantitative estimate of drug-likeness (QED) is 0.618. The highest BCUT2D eigenvalue weighted by Gasteiger charge is 2.10. The minimum absolute atomic E-state index is 0.122. The molecule has 1 rings (SSSR count). The lowest BCUT2D eigenvalue weighted by Crippen LogP contribution is -2.22. The molecule has 65 valence electrons. The molecule has 0 aliphatic carbocycles. The third-order valence-corrected chi connectivity index (χ3v) is 1.36. The summed E-state index contributed by atoms with van der Waals surface area (Å²) in [7, 11) is 0. The van der Waals surface area contributed by atoms with E-state index in [1.54, 1.807) is 0 Å². The fourth-order valence-corrected chi connectivity index (χ4v) is 0.905. The molecule has 0 bridgehead atoms. The van der Waals surface area contributed by atoms with Crippen LogP contribution in [0.2, 0.25) is 0 Å². The fourth-order valence-electron chi connectivity index (χ4n) is 0.905. The van der Waals surface area contributed by atoms with Crippen molar-refractivity contribution in [1.82, 2.24) is 0 Å². The van der Waals surface area contributed by atoms with Crippen molar-refractivity contribution in [3.63, 3.8) is 0 Å². The highest BCUT2D eigenvalue weighted by atomic mass is 16.5. The maximum Gasteiger partial charge on any atom is 0.120 e. The van der Waals surface area contributed by atoms with E-state index in [9.17, 15) is 0 Å². The summed E-state index contributed by atoms with van der Waals surface area (Å²) >= 11 is 0. The molecular weight excluding hydrogens is 148 g/mol. The van der Waals surface area contributed by atoms with Crippen LogP contribution in [0, 0.1) is 13.0 Å². The van der Waals surface area contributed by atoms with E-state index < -0.39 is 0 Å². The number of aryl methyl sites for hydroxylation is 1. The van der Waals surface area contributed by atoms with Crippen LogP contribution in [-0.4, -0.2) is 5.60 Å². The molecule has 1 aromatic rings. The molecule has 0 aliphatic rings. The minimum atomic E-state index is -0.122. The Morgan fingerprint density at radius 1 is 1.25 bits per heavy atom. The maximum absolute atomic E-state index is 5.63. The molecule has 1 aromatic carbocycles. The van der Waals surface area contributed by atoms with Crippen molar-refractivity contribution in [2.24, 2.45) is 0 Å². The normalized spacial score (nSPS) is 11.3. The standard InChI is InChI=1S/C11H15O/c1-9-5-7-10(8-6-9)12-11(2,3)4/h5,7-8H,1-4H3. The number of hydrogen-bond donors (Lipinski definition) is 0. The molecule has 0 N–H and O–H groups in total. The smallest absolute Gasteiger partial charge is 0.120 e. The molecule has 0 saturated heterocycles. The SMILES string of the molecule is Cc1[c]cc(OC(C)(C)C)cc1. The van der Waals surface area contributed by atoms with Gasteiger partial charge in [0, 0.05) is 0 Å². The van der Waals surface area contributed by atoms with Gasteiger partial charge in [-0.1, -0.05) is 6.07 Å². The molecule has 1 nitrogen and oxygen atoms in total. The summed E-state index contributed by atoms with van der Waals surface area (Å²) in [6, 6.07) is 8.94. The number of hydrogen-bond acceptors (Lipinski definition) is 1. The first-order valence-electron chi connectivity index (χ1n) is 4.15. The van der Waals surface area contributed by atoms with Gasteiger partial charge in [-0.15, -0.1) is 0 Å². The van der Waals surface area contributed by atoms with Crippen LogP contribution in [0.4, 0.5) is 0 Å². The van der Waals surface area contributed by atoms with Crippen molar-refractivity contribution in [1.29, 1.82) is 0 Å². The summed E-state index contributed by atoms with van der Waals surface area (Å²) in [6.45, 7) is 8.12. The molecule has 0 amide bonds. The van der Waals surface area contributed by atoms with Crippen LogP contribution in [0.1, 0.15) is 26.3 Å². The van der Waals surface area contributed by atoms with Crippen LogP contribution in [-0.2, 0) is 0 Å². The molecule has 0 fully saturated rings. The van der Waals surface area contributed by atoms with Gasteiger partial charge in [0.2, 0.25) is 0 Å². The van der Waals surface area contributed by atoms with Crippen LogP contribution in [0.15, 0.2) is 18.2 Å². The Bertz CT molecular complexity index is 241. The molecule has 1 radical (unpaired) electrons. The van der Waals surface area contributed by atoms with Crippen molar-refractivity contribution in [3.05, 3.63) is 29.8 Å². The van der Waals surface area contributed by atoms with Gasteiger partial charge in [-0.2, -0.15) is 0 Å². The number of rotatable bonds is 1. The van der Waals surface area contributed by atoms with Gasteiger partial charge in [-0.25, -0.2) is 0 Å². The van der Waals surface area contributed by atoms with Crippen molar-refractivity contribution in [3.8, 4) is 5.75 Å². The Labute approximate surface area is 74.4 Å². The topological polar surface area (TPSA) is 9.23 Å². The highest BCUT2D eigenvalue weighted by molar-refractivity contribution is 5.25. The second kappa shape index (κ2) is 3.18. The molecule has 0 unspecified atom stereocenters. The van der Waals surface area contributed by atoms with Crippen molar-refractivity contribution >= 4 is 0 Å². The van der Waals surface area contributed by atoms with E-state index in [2.05, 4.69) is 6.07 Å². The van der Waals surface area contributed by atoms with Crippen molar-refractivity contribution in [2.75, 3.05) is 0 Å². The van der Waals surface area contributed by atoms with E-state index in [1.165, 1.54) is 0 Å². The van der Waals surface area contributed by atoms with Gasteiger partial charge >= 0.3 is 0 Å². The van der Waals surface area contributed by atoms with E-state index in [4.69, 9.17) is 4.74 Å². The first-order valence-corrected chi connectivity index (χ1v) is 4.15. The van der Waals surface area contributed by atoms with Gasteiger partial charge in [-0.3, -0.25) is 0 Å². The monoisotopic (exact) mass is 163 g/mol. The molecule has 0 atom stereocenters. The van der Waals surface area contributed by atoms with E-state index >= 15 is 0 Å². The van der Waals surface area contributed by atoms with Crippen LogP contribution in [0.25, 0.3) is 0 Å². The Morgan fingerprint density at radius 2 is 1.92 bits per heavy atom. The Morgan fingerprint density at radius 3 is 2.33 bits per heavy atom. The van der Waals surface area contributed by atoms with E-state index in [0.29, 0.717) is 0 Å². The summed E-state index contributed by atoms with van der Waals surface area (Å²) in [5.41, 5.74) is 1.01. The molecule has 0 saturated carbocycles. The van der Waals surface area contributed by atoms with Crippen LogP contribution in [0.5, 0.6) is 5.75 Å². The van der Waals surface area contributed by atoms with E-state index in [1.807, 2.05) is 45.9 Å². The summed E-state index contributed by atoms with van der Waals surface area (Å²) in [6.07, 6.45) is 0. The van der Waals surface area contributed by atoms with Gasteiger partial charge in [-0.05, 0) is 51.5 Å². The Kier molecular flexibility index (Phi) is 2.41. The number of ether oxygens (including phenoxy) is 1. The minimum Gasteiger partial charge on any atom is -0.488 e. The molecular formula is C11H15O. The van der Waals surface area contributed by atoms with Crippen LogP contribution in [0.3, 0.4) is 0 Å². The molecule has 0 aromatic heterocycles. The summed E-state index contributed by atoms with van der Waals surface area (Å²) in [5.74, 6) is 0.883. The largest absolute Gasteiger partial charge is 0.488 e. The second-order valence-corrected chi connectivity index (χ2v) is 3.92. The van der Waals surface area contributed by atoms with E-state index in [0.717, 1.165) is 11.3 Å². The average Bonchev–Trinajstić information content (AvgIpc) is 1.91. The number of benzene rings is 1. The lowest BCUT2D eigenvalue weighted by Gasteiger charge is -2.21. The predicted octanol–water partition coefficient (Wildman–Crippen LogP) is 2.97. The van der Waals surface area contributed by atoms with Gasteiger partial charge in [0.1, 0.15) is 11.4 Å². The van der Waals surface area contributed by atoms with Crippen molar-refractivity contribution < 1.29 is 4.74 Å². The zero-order valence-electron chi connectivity index (χ0n) is 8.14. The van der Waals surface area contributed by atoms with Gasteiger partial charge in [0.15, 0.2) is 0 Å². The Hall–Kier alpha value is -0.980. The average molecular weight is 163 g/mol. The second-order valence-electron chi connectivity index (χ2n) is 3.92. The summed E-state index contributed by atoms with van der Waals surface area (Å²) in [5, 5.41) is 0. The molecule has 12 heavy (non-hydrogen) atoms. The Balaban J connectivity index is 2.71. The maximum atomic E-state index is 5.63. The molecule has 0 spiro atoms. The predicted molar refractivity (Wildman–Crippen MR) is 50.4 cm³/mol. The van der Waals surface area contributed by atoms with E-state index in [-0.39, 0.29) is 5.60 Å². The van der Waals surface area contributed by atoms with Crippen LogP contribution >= 0.6 is 0 Å². The molecule has 0 heterocycles. The van der Waals surface area contributed by atoms with Gasteiger partial charge in [0.05, 0.1) is 0 Å². The zero-order chi connectivity index (χ0) is 9.19. The first-order chi connectivity index (χ1) is 5.47. The third kappa shape index (κ3) is 2.95. The molecule has 0 aliphatic heterocycles. The van der Waals surface area contributed by atoms with Gasteiger partial charge in [0.25, 0.3) is 0 Å². The van der Waals surface area contributed by atoms with Crippen LogP contribution < -0.4 is 4.74 Å². The summed E-state index contributed by atoms with van der Waals surface area (Å²) < 4.78 is 5.63. The van der Waals surface area contributed by atoms with Gasteiger partial charge < -0.3 is 4.74 Å². The lowest BCUT2D eigenvalue weighted by molar-refractivity contribution is 0.131. The zero-order valence-corrected chi connectivity index (χ0v) is 8.14. The third-order valence-electron chi connectivity index (χ3n) is 1.36. The fraction of sp³-hybridized carbons (Fsp3) is 0.455.